The number of rotatable bonds is 3. The van der Waals surface area contributed by atoms with Crippen LogP contribution in [0.5, 0.6) is 0 Å². The van der Waals surface area contributed by atoms with E-state index in [0.29, 0.717) is 18.1 Å². The lowest BCUT2D eigenvalue weighted by atomic mass is 10.2. The number of hydrogen-bond donors (Lipinski definition) is 1. The lowest BCUT2D eigenvalue weighted by molar-refractivity contribution is -0.385. The van der Waals surface area contributed by atoms with Gasteiger partial charge >= 0.3 is 0 Å². The number of hydrogen-bond acceptors (Lipinski definition) is 4. The largest absolute Gasteiger partial charge is 0.369 e. The summed E-state index contributed by atoms with van der Waals surface area (Å²) in [5.74, 6) is 0.346. The van der Waals surface area contributed by atoms with Crippen molar-refractivity contribution >= 4 is 11.6 Å². The molecule has 0 aliphatic heterocycles. The Morgan fingerprint density at radius 3 is 2.81 bits per heavy atom. The van der Waals surface area contributed by atoms with Gasteiger partial charge in [-0.2, -0.15) is 0 Å². The summed E-state index contributed by atoms with van der Waals surface area (Å²) in [7, 11) is 0. The minimum atomic E-state index is -0.400. The van der Waals surface area contributed by atoms with E-state index in [1.165, 1.54) is 6.07 Å². The van der Waals surface area contributed by atoms with Crippen molar-refractivity contribution in [1.29, 1.82) is 0 Å². The van der Waals surface area contributed by atoms with Crippen LogP contribution in [0, 0.1) is 10.1 Å². The van der Waals surface area contributed by atoms with Gasteiger partial charge in [0.2, 0.25) is 0 Å². The van der Waals surface area contributed by atoms with E-state index in [0.717, 1.165) is 0 Å². The van der Waals surface area contributed by atoms with Gasteiger partial charge in [-0.1, -0.05) is 18.2 Å². The zero-order valence-electron chi connectivity index (χ0n) is 8.41. The predicted molar refractivity (Wildman–Crippen MR) is 58.8 cm³/mol. The van der Waals surface area contributed by atoms with Crippen LogP contribution in [-0.2, 0) is 6.54 Å². The van der Waals surface area contributed by atoms with Gasteiger partial charge in [-0.05, 0) is 0 Å². The average molecular weight is 218 g/mol. The minimum Gasteiger partial charge on any atom is -0.369 e. The molecule has 0 radical (unpaired) electrons. The molecule has 0 saturated carbocycles. The smallest absolute Gasteiger partial charge is 0.274 e. The summed E-state index contributed by atoms with van der Waals surface area (Å²) in [6.45, 7) is 0.350. The van der Waals surface area contributed by atoms with Gasteiger partial charge in [-0.3, -0.25) is 10.1 Å². The second-order valence-corrected chi connectivity index (χ2v) is 3.30. The molecule has 1 aromatic heterocycles. The molecule has 2 rings (SSSR count). The van der Waals surface area contributed by atoms with Crippen LogP contribution in [0.25, 0.3) is 0 Å². The van der Waals surface area contributed by atoms with Gasteiger partial charge in [-0.25, -0.2) is 4.98 Å². The first kappa shape index (κ1) is 10.2. The van der Waals surface area contributed by atoms with Crippen molar-refractivity contribution in [2.45, 2.75) is 6.54 Å². The molecule has 0 fully saturated rings. The first-order valence-corrected chi connectivity index (χ1v) is 4.67. The zero-order chi connectivity index (χ0) is 11.5. The van der Waals surface area contributed by atoms with Crippen LogP contribution >= 0.6 is 0 Å². The molecule has 0 aliphatic rings. The Kier molecular flexibility index (Phi) is 2.55. The molecule has 2 aromatic rings. The molecule has 0 amide bonds. The molecule has 0 spiro atoms. The van der Waals surface area contributed by atoms with E-state index in [9.17, 15) is 10.1 Å². The SMILES string of the molecule is Nc1nccn1Cc1ccccc1[N+](=O)[O-]. The number of imidazole rings is 1. The maximum atomic E-state index is 10.8. The lowest BCUT2D eigenvalue weighted by Crippen LogP contribution is -2.05. The van der Waals surface area contributed by atoms with Crippen molar-refractivity contribution in [2.24, 2.45) is 0 Å². The number of nitrogens with zero attached hydrogens (tertiary/aromatic N) is 3. The highest BCUT2D eigenvalue weighted by Crippen LogP contribution is 2.19. The number of nitro benzene ring substituents is 1. The number of para-hydroxylation sites is 1. The summed E-state index contributed by atoms with van der Waals surface area (Å²) < 4.78 is 1.66. The summed E-state index contributed by atoms with van der Waals surface area (Å²) >= 11 is 0. The predicted octanol–water partition coefficient (Wildman–Crippen LogP) is 1.42. The summed E-state index contributed by atoms with van der Waals surface area (Å²) in [5, 5.41) is 10.8. The van der Waals surface area contributed by atoms with Crippen LogP contribution in [0.3, 0.4) is 0 Å². The monoisotopic (exact) mass is 218 g/mol. The third-order valence-corrected chi connectivity index (χ3v) is 2.28. The van der Waals surface area contributed by atoms with Crippen LogP contribution < -0.4 is 5.73 Å². The first-order chi connectivity index (χ1) is 7.68. The highest BCUT2D eigenvalue weighted by Gasteiger charge is 2.12. The molecule has 2 N–H and O–H groups in total. The van der Waals surface area contributed by atoms with Crippen molar-refractivity contribution in [3.63, 3.8) is 0 Å². The topological polar surface area (TPSA) is 87.0 Å². The number of nitrogens with two attached hydrogens (primary N) is 1. The lowest BCUT2D eigenvalue weighted by Gasteiger charge is -2.05. The first-order valence-electron chi connectivity index (χ1n) is 4.67. The molecule has 0 saturated heterocycles. The van der Waals surface area contributed by atoms with Gasteiger partial charge in [0.05, 0.1) is 11.5 Å². The summed E-state index contributed by atoms with van der Waals surface area (Å²) in [4.78, 5) is 14.2. The Bertz CT molecular complexity index is 521. The number of benzene rings is 1. The molecule has 1 aromatic carbocycles. The number of aromatic nitrogens is 2. The third-order valence-electron chi connectivity index (χ3n) is 2.28. The van der Waals surface area contributed by atoms with E-state index < -0.39 is 4.92 Å². The fraction of sp³-hybridized carbons (Fsp3) is 0.100. The van der Waals surface area contributed by atoms with Crippen molar-refractivity contribution < 1.29 is 4.92 Å². The van der Waals surface area contributed by atoms with Gasteiger partial charge in [-0.15, -0.1) is 0 Å². The molecule has 0 aliphatic carbocycles. The van der Waals surface area contributed by atoms with Gasteiger partial charge in [0.25, 0.3) is 5.69 Å². The van der Waals surface area contributed by atoms with Crippen LogP contribution in [0.4, 0.5) is 11.6 Å². The Morgan fingerprint density at radius 2 is 2.19 bits per heavy atom. The van der Waals surface area contributed by atoms with Crippen molar-refractivity contribution in [3.05, 3.63) is 52.3 Å². The molecule has 0 unspecified atom stereocenters. The molecule has 1 heterocycles. The number of anilines is 1. The van der Waals surface area contributed by atoms with Gasteiger partial charge in [0, 0.05) is 24.0 Å². The maximum Gasteiger partial charge on any atom is 0.274 e. The summed E-state index contributed by atoms with van der Waals surface area (Å²) in [6.07, 6.45) is 3.25. The third kappa shape index (κ3) is 1.85. The van der Waals surface area contributed by atoms with Crippen LogP contribution in [0.2, 0.25) is 0 Å². The summed E-state index contributed by atoms with van der Waals surface area (Å²) in [6, 6.07) is 6.58. The highest BCUT2D eigenvalue weighted by molar-refractivity contribution is 5.40. The van der Waals surface area contributed by atoms with E-state index >= 15 is 0 Å². The fourth-order valence-corrected chi connectivity index (χ4v) is 1.48. The van der Waals surface area contributed by atoms with E-state index in [2.05, 4.69) is 4.98 Å². The van der Waals surface area contributed by atoms with E-state index in [4.69, 9.17) is 5.73 Å². The highest BCUT2D eigenvalue weighted by atomic mass is 16.6. The number of nitro groups is 1. The van der Waals surface area contributed by atoms with Crippen molar-refractivity contribution in [1.82, 2.24) is 9.55 Å². The molecule has 16 heavy (non-hydrogen) atoms. The van der Waals surface area contributed by atoms with E-state index in [-0.39, 0.29) is 5.69 Å². The van der Waals surface area contributed by atoms with Crippen molar-refractivity contribution in [3.8, 4) is 0 Å². The normalized spacial score (nSPS) is 10.2. The standard InChI is InChI=1S/C10H10N4O2/c11-10-12-5-6-13(10)7-8-3-1-2-4-9(8)14(15)16/h1-6H,7H2,(H2,11,12). The quantitative estimate of drug-likeness (QED) is 0.623. The molecule has 0 atom stereocenters. The Morgan fingerprint density at radius 1 is 1.44 bits per heavy atom. The Hall–Kier alpha value is -2.37. The van der Waals surface area contributed by atoms with Gasteiger partial charge < -0.3 is 10.3 Å². The van der Waals surface area contributed by atoms with E-state index in [1.807, 2.05) is 0 Å². The average Bonchev–Trinajstić information content (AvgIpc) is 2.65. The number of nitrogen functional groups attached to an aromatic ring is 1. The van der Waals surface area contributed by atoms with Crippen molar-refractivity contribution in [2.75, 3.05) is 5.73 Å². The molecular formula is C10H10N4O2. The fourth-order valence-electron chi connectivity index (χ4n) is 1.48. The second-order valence-electron chi connectivity index (χ2n) is 3.30. The van der Waals surface area contributed by atoms with Crippen LogP contribution in [0.15, 0.2) is 36.7 Å². The molecule has 82 valence electrons. The molecule has 0 bridgehead atoms. The second kappa shape index (κ2) is 4.01. The van der Waals surface area contributed by atoms with Crippen LogP contribution in [0.1, 0.15) is 5.56 Å². The van der Waals surface area contributed by atoms with Gasteiger partial charge in [0.15, 0.2) is 5.95 Å². The molecule has 6 nitrogen and oxygen atoms in total. The Labute approximate surface area is 91.5 Å². The molecule has 6 heteroatoms. The van der Waals surface area contributed by atoms with Crippen LogP contribution in [-0.4, -0.2) is 14.5 Å². The summed E-state index contributed by atoms with van der Waals surface area (Å²) in [5.41, 5.74) is 6.30. The van der Waals surface area contributed by atoms with Gasteiger partial charge in [0.1, 0.15) is 0 Å². The maximum absolute atomic E-state index is 10.8. The molecular weight excluding hydrogens is 208 g/mol. The Balaban J connectivity index is 2.35. The zero-order valence-corrected chi connectivity index (χ0v) is 8.41. The minimum absolute atomic E-state index is 0.0931. The van der Waals surface area contributed by atoms with E-state index in [1.54, 1.807) is 35.2 Å².